The smallest absolute Gasteiger partial charge is 0.759 e. The van der Waals surface area contributed by atoms with E-state index >= 15 is 0 Å². The molecule has 5 nitrogen and oxygen atoms in total. The van der Waals surface area contributed by atoms with Crippen molar-refractivity contribution in [1.29, 1.82) is 0 Å². The second-order valence-electron chi connectivity index (χ2n) is 0.408. The molecular formula is HClCuO5S. The third-order valence-corrected chi connectivity index (χ3v) is 0. The van der Waals surface area contributed by atoms with Gasteiger partial charge in [0.1, 0.15) is 0 Å². The Morgan fingerprint density at radius 2 is 1.25 bits per heavy atom. The minimum absolute atomic E-state index is 0. The van der Waals surface area contributed by atoms with Gasteiger partial charge in [-0.25, -0.2) is 0 Å². The first-order chi connectivity index (χ1) is 3.00. The van der Waals surface area contributed by atoms with Gasteiger partial charge >= 0.3 is 17.1 Å². The molecule has 0 aromatic carbocycles. The fourth-order valence-corrected chi connectivity index (χ4v) is 0. The maximum absolute atomic E-state index is 8.52. The van der Waals surface area contributed by atoms with Crippen molar-refractivity contribution in [1.82, 2.24) is 0 Å². The molecule has 0 fully saturated rings. The van der Waals surface area contributed by atoms with Crippen LogP contribution < -0.4 is 0 Å². The van der Waals surface area contributed by atoms with E-state index in [-0.39, 0.29) is 17.1 Å². The zero-order chi connectivity index (χ0) is 6.50. The molecule has 1 radical (unpaired) electrons. The summed E-state index contributed by atoms with van der Waals surface area (Å²) in [6.07, 6.45) is 0. The Kier molecular flexibility index (Phi) is 15.1. The van der Waals surface area contributed by atoms with Crippen LogP contribution in [0.4, 0.5) is 0 Å². The van der Waals surface area contributed by atoms with Gasteiger partial charge in [-0.1, -0.05) is 0 Å². The van der Waals surface area contributed by atoms with Gasteiger partial charge in [0.25, 0.3) is 0 Å². The van der Waals surface area contributed by atoms with Crippen molar-refractivity contribution in [2.75, 3.05) is 0 Å². The number of hydrogen-bond acceptors (Lipinski definition) is 5. The van der Waals surface area contributed by atoms with Crippen molar-refractivity contribution in [3.63, 3.8) is 0 Å². The molecule has 0 atom stereocenters. The van der Waals surface area contributed by atoms with Gasteiger partial charge in [-0.2, -0.15) is 0 Å². The third-order valence-electron chi connectivity index (χ3n) is 0. The van der Waals surface area contributed by atoms with E-state index in [4.69, 9.17) is 22.2 Å². The van der Waals surface area contributed by atoms with Crippen molar-refractivity contribution >= 4 is 22.3 Å². The summed E-state index contributed by atoms with van der Waals surface area (Å²) in [6.45, 7) is 0. The molecule has 0 rings (SSSR count). The molecule has 0 amide bonds. The molecule has 1 N–H and O–H groups in total. The van der Waals surface area contributed by atoms with Gasteiger partial charge in [-0.15, -0.1) is 0 Å². The van der Waals surface area contributed by atoms with Crippen molar-refractivity contribution in [2.24, 2.45) is 0 Å². The normalized spacial score (nSPS) is 8.00. The molecule has 0 spiro atoms. The van der Waals surface area contributed by atoms with Gasteiger partial charge in [0.2, 0.25) is 0 Å². The first-order valence-electron chi connectivity index (χ1n) is 0.836. The molecule has 0 saturated carbocycles. The van der Waals surface area contributed by atoms with Gasteiger partial charge in [0, 0.05) is 10.4 Å². The molecule has 0 aromatic rings. The summed E-state index contributed by atoms with van der Waals surface area (Å²) in [5.74, 6) is 0. The van der Waals surface area contributed by atoms with Crippen LogP contribution in [0, 0.1) is 0 Å². The summed E-state index contributed by atoms with van der Waals surface area (Å²) in [5.41, 5.74) is 0. The standard InChI is InChI=1S/ClHO.Cu.H2O4S/c1-2;;1-5(2,3)4/h2H;;(H2,1,2,3,4)/q;+2;/p-2. The Bertz CT molecular complexity index is 95.6. The van der Waals surface area contributed by atoms with Gasteiger partial charge in [0.05, 0.1) is 11.9 Å². The SMILES string of the molecule is O=S(=O)([O-])[O-].OCl.[Cu+2]. The molecule has 0 aliphatic rings. The van der Waals surface area contributed by atoms with E-state index in [0.29, 0.717) is 0 Å². The summed E-state index contributed by atoms with van der Waals surface area (Å²) in [7, 11) is -5.17. The Labute approximate surface area is 61.9 Å². The molecule has 55 valence electrons. The fraction of sp³-hybridized carbons (Fsp3) is 0. The van der Waals surface area contributed by atoms with Crippen LogP contribution in [0.25, 0.3) is 0 Å². The fourth-order valence-electron chi connectivity index (χ4n) is 0. The van der Waals surface area contributed by atoms with Crippen LogP contribution in [0.2, 0.25) is 0 Å². The van der Waals surface area contributed by atoms with E-state index in [1.165, 1.54) is 0 Å². The summed E-state index contributed by atoms with van der Waals surface area (Å²) in [6, 6.07) is 0. The molecule has 0 bridgehead atoms. The second kappa shape index (κ2) is 7.64. The van der Waals surface area contributed by atoms with Crippen LogP contribution in [0.1, 0.15) is 0 Å². The predicted molar refractivity (Wildman–Crippen MR) is 18.5 cm³/mol. The number of rotatable bonds is 0. The topological polar surface area (TPSA) is 100 Å². The summed E-state index contributed by atoms with van der Waals surface area (Å²) >= 11 is 3.64. The molecule has 0 aliphatic heterocycles. The van der Waals surface area contributed by atoms with Crippen LogP contribution in [0.15, 0.2) is 0 Å². The van der Waals surface area contributed by atoms with Gasteiger partial charge < -0.3 is 9.11 Å². The minimum atomic E-state index is -5.17. The van der Waals surface area contributed by atoms with Crippen LogP contribution in [0.5, 0.6) is 0 Å². The number of halogens is 1. The first kappa shape index (κ1) is 15.9. The Morgan fingerprint density at radius 3 is 1.25 bits per heavy atom. The average Bonchev–Trinajstić information content (AvgIpc) is 1.36. The van der Waals surface area contributed by atoms with Crippen LogP contribution in [-0.4, -0.2) is 22.2 Å². The van der Waals surface area contributed by atoms with E-state index in [0.717, 1.165) is 0 Å². The second-order valence-corrected chi connectivity index (χ2v) is 1.22. The first-order valence-corrected chi connectivity index (χ1v) is 2.51. The maximum atomic E-state index is 8.52. The van der Waals surface area contributed by atoms with Crippen molar-refractivity contribution in [2.45, 2.75) is 0 Å². The van der Waals surface area contributed by atoms with E-state index in [1.807, 2.05) is 0 Å². The Balaban J connectivity index is -0.0000000750. The average molecular weight is 212 g/mol. The van der Waals surface area contributed by atoms with Crippen LogP contribution >= 0.6 is 11.9 Å². The van der Waals surface area contributed by atoms with Crippen molar-refractivity contribution in [3.05, 3.63) is 0 Å². The van der Waals surface area contributed by atoms with Gasteiger partial charge in [-0.3, -0.25) is 13.1 Å². The Hall–Kier alpha value is 0.639. The molecule has 0 heterocycles. The molecule has 0 unspecified atom stereocenters. The van der Waals surface area contributed by atoms with Crippen molar-refractivity contribution < 1.29 is 39.3 Å². The Morgan fingerprint density at radius 1 is 1.25 bits per heavy atom. The van der Waals surface area contributed by atoms with Crippen LogP contribution in [0.3, 0.4) is 0 Å². The van der Waals surface area contributed by atoms with Crippen LogP contribution in [-0.2, 0) is 27.5 Å². The molecule has 8 heteroatoms. The zero-order valence-electron chi connectivity index (χ0n) is 3.17. The maximum Gasteiger partial charge on any atom is 2.00 e. The summed E-state index contributed by atoms with van der Waals surface area (Å²) in [4.78, 5) is 0. The van der Waals surface area contributed by atoms with Gasteiger partial charge in [-0.05, 0) is 0 Å². The monoisotopic (exact) mass is 211 g/mol. The molecule has 8 heavy (non-hydrogen) atoms. The summed E-state index contributed by atoms with van der Waals surface area (Å²) < 4.78 is 40.6. The largest absolute Gasteiger partial charge is 2.00 e. The minimum Gasteiger partial charge on any atom is -0.759 e. The third kappa shape index (κ3) is 516. The van der Waals surface area contributed by atoms with Crippen molar-refractivity contribution in [3.8, 4) is 0 Å². The number of hydrogen-bond donors (Lipinski definition) is 1. The summed E-state index contributed by atoms with van der Waals surface area (Å²) in [5, 5.41) is 0. The van der Waals surface area contributed by atoms with E-state index in [1.54, 1.807) is 0 Å². The molecule has 0 saturated heterocycles. The zero-order valence-corrected chi connectivity index (χ0v) is 5.68. The van der Waals surface area contributed by atoms with E-state index in [2.05, 4.69) is 11.9 Å². The molecule has 0 aromatic heterocycles. The van der Waals surface area contributed by atoms with E-state index < -0.39 is 10.4 Å². The van der Waals surface area contributed by atoms with Gasteiger partial charge in [0.15, 0.2) is 0 Å². The quantitative estimate of drug-likeness (QED) is 0.308. The predicted octanol–water partition coefficient (Wildman–Crippen LogP) is -1.21. The molecule has 0 aliphatic carbocycles. The molecular weight excluding hydrogens is 211 g/mol. The van der Waals surface area contributed by atoms with E-state index in [9.17, 15) is 0 Å².